The predicted molar refractivity (Wildman–Crippen MR) is 206 cm³/mol. The lowest BCUT2D eigenvalue weighted by molar-refractivity contribution is -0.268. The molecule has 1 fully saturated rings. The molecule has 0 unspecified atom stereocenters. The first-order valence-corrected chi connectivity index (χ1v) is 19.5. The molecule has 282 valence electrons. The molecule has 5 aromatic rings. The van der Waals surface area contributed by atoms with E-state index in [-0.39, 0.29) is 39.6 Å². The van der Waals surface area contributed by atoms with E-state index < -0.39 is 44.4 Å². The predicted octanol–water partition coefficient (Wildman–Crippen LogP) is 8.62. The molecule has 6 rings (SSSR count). The Hall–Kier alpha value is -4.25. The van der Waals surface area contributed by atoms with Crippen LogP contribution in [0.2, 0.25) is 0 Å². The molecule has 0 spiro atoms. The van der Waals surface area contributed by atoms with Crippen molar-refractivity contribution in [2.45, 2.75) is 69.7 Å². The maximum absolute atomic E-state index is 14.8. The summed E-state index contributed by atoms with van der Waals surface area (Å²) < 4.78 is 59.5. The van der Waals surface area contributed by atoms with E-state index in [4.69, 9.17) is 32.5 Å². The van der Waals surface area contributed by atoms with Crippen molar-refractivity contribution in [2.24, 2.45) is 0 Å². The highest BCUT2D eigenvalue weighted by molar-refractivity contribution is 7.48. The van der Waals surface area contributed by atoms with Crippen LogP contribution in [0.4, 0.5) is 0 Å². The lowest BCUT2D eigenvalue weighted by Crippen LogP contribution is -2.66. The Kier molecular flexibility index (Phi) is 14.9. The van der Waals surface area contributed by atoms with Gasteiger partial charge in [0.2, 0.25) is 0 Å². The fourth-order valence-corrected chi connectivity index (χ4v) is 7.56. The van der Waals surface area contributed by atoms with Gasteiger partial charge >= 0.3 is 7.82 Å². The summed E-state index contributed by atoms with van der Waals surface area (Å²) in [5.74, 6) is 0. The molecule has 1 aliphatic rings. The van der Waals surface area contributed by atoms with Gasteiger partial charge in [0.05, 0.1) is 39.6 Å². The van der Waals surface area contributed by atoms with Gasteiger partial charge < -0.3 is 24.1 Å². The van der Waals surface area contributed by atoms with Crippen LogP contribution < -0.4 is 0 Å². The first-order chi connectivity index (χ1) is 26.5. The number of rotatable bonds is 20. The molecular weight excluding hydrogens is 703 g/mol. The third-order valence-electron chi connectivity index (χ3n) is 8.95. The summed E-state index contributed by atoms with van der Waals surface area (Å²) >= 11 is 0. The highest BCUT2D eigenvalue weighted by Gasteiger charge is 2.56. The molecule has 0 amide bonds. The van der Waals surface area contributed by atoms with Crippen LogP contribution in [0.3, 0.4) is 0 Å². The molecule has 0 aliphatic heterocycles. The quantitative estimate of drug-likeness (QED) is 0.0619. The minimum atomic E-state index is -4.43. The molecule has 0 heterocycles. The number of benzene rings is 5. The van der Waals surface area contributed by atoms with Gasteiger partial charge in [0, 0.05) is 0 Å². The normalized spacial score (nSPS) is 21.4. The van der Waals surface area contributed by atoms with Gasteiger partial charge in [-0.05, 0) is 27.8 Å². The molecule has 5 aromatic carbocycles. The number of hydrogen-bond donors (Lipinski definition) is 1. The van der Waals surface area contributed by atoms with Crippen LogP contribution in [0.1, 0.15) is 27.8 Å². The second kappa shape index (κ2) is 20.4. The van der Waals surface area contributed by atoms with Gasteiger partial charge in [-0.2, -0.15) is 0 Å². The van der Waals surface area contributed by atoms with Crippen molar-refractivity contribution < 1.29 is 42.2 Å². The van der Waals surface area contributed by atoms with Gasteiger partial charge in [0.15, 0.2) is 0 Å². The zero-order valence-electron chi connectivity index (χ0n) is 30.1. The van der Waals surface area contributed by atoms with Crippen LogP contribution in [0, 0.1) is 0 Å². The molecule has 6 atom stereocenters. The number of phosphoric acid groups is 1. The minimum Gasteiger partial charge on any atom is -0.387 e. The van der Waals surface area contributed by atoms with Crippen molar-refractivity contribution in [3.63, 3.8) is 0 Å². The second-order valence-corrected chi connectivity index (χ2v) is 14.5. The molecule has 0 radical (unpaired) electrons. The van der Waals surface area contributed by atoms with Crippen molar-refractivity contribution in [2.75, 3.05) is 6.61 Å². The monoisotopic (exact) mass is 750 g/mol. The molecule has 0 bridgehead atoms. The van der Waals surface area contributed by atoms with Crippen LogP contribution in [-0.4, -0.2) is 48.3 Å². The summed E-state index contributed by atoms with van der Waals surface area (Å²) in [5.41, 5.74) is 4.24. The van der Waals surface area contributed by atoms with Gasteiger partial charge in [-0.3, -0.25) is 13.6 Å². The SMILES string of the molecule is C=CCO[C@@H]1[C@H](OCc2ccccc2)[C@@H](OCc2ccccc2)[C@H](OCc2ccccc2)[C@@H](O)[C@@H]1OP(=O)(OCc1ccccc1)OCc1ccccc1. The molecule has 1 saturated carbocycles. The molecule has 0 aromatic heterocycles. The molecule has 1 N–H and O–H groups in total. The average molecular weight is 751 g/mol. The smallest absolute Gasteiger partial charge is 0.387 e. The molecule has 0 saturated heterocycles. The van der Waals surface area contributed by atoms with Crippen LogP contribution in [0.5, 0.6) is 0 Å². The third-order valence-corrected chi connectivity index (χ3v) is 10.3. The van der Waals surface area contributed by atoms with Crippen molar-refractivity contribution in [1.29, 1.82) is 0 Å². The second-order valence-electron chi connectivity index (χ2n) is 12.9. The van der Waals surface area contributed by atoms with E-state index in [2.05, 4.69) is 6.58 Å². The lowest BCUT2D eigenvalue weighted by Gasteiger charge is -2.48. The number of aliphatic hydroxyl groups excluding tert-OH is 1. The first-order valence-electron chi connectivity index (χ1n) is 18.0. The maximum atomic E-state index is 14.8. The summed E-state index contributed by atoms with van der Waals surface area (Å²) in [7, 11) is -4.43. The Bertz CT molecular complexity index is 1800. The number of phosphoric ester groups is 1. The highest BCUT2D eigenvalue weighted by Crippen LogP contribution is 2.54. The van der Waals surface area contributed by atoms with E-state index in [1.54, 1.807) is 6.08 Å². The summed E-state index contributed by atoms with van der Waals surface area (Å²) in [5, 5.41) is 12.4. The summed E-state index contributed by atoms with van der Waals surface area (Å²) in [4.78, 5) is 0. The van der Waals surface area contributed by atoms with E-state index in [0.717, 1.165) is 27.8 Å². The summed E-state index contributed by atoms with van der Waals surface area (Å²) in [6, 6.07) is 47.7. The van der Waals surface area contributed by atoms with Crippen molar-refractivity contribution in [3.8, 4) is 0 Å². The zero-order chi connectivity index (χ0) is 37.4. The van der Waals surface area contributed by atoms with Gasteiger partial charge in [0.1, 0.15) is 36.6 Å². The number of ether oxygens (including phenoxy) is 4. The fraction of sp³-hybridized carbons (Fsp3) is 0.273. The molecule has 1 aliphatic carbocycles. The van der Waals surface area contributed by atoms with Gasteiger partial charge in [-0.25, -0.2) is 4.57 Å². The van der Waals surface area contributed by atoms with Crippen molar-refractivity contribution in [3.05, 3.63) is 192 Å². The van der Waals surface area contributed by atoms with E-state index in [1.165, 1.54) is 0 Å². The van der Waals surface area contributed by atoms with Gasteiger partial charge in [-0.1, -0.05) is 158 Å². The van der Waals surface area contributed by atoms with E-state index in [9.17, 15) is 9.67 Å². The molecule has 54 heavy (non-hydrogen) atoms. The molecule has 10 heteroatoms. The lowest BCUT2D eigenvalue weighted by atomic mass is 9.84. The average Bonchev–Trinajstić information content (AvgIpc) is 3.23. The Morgan fingerprint density at radius 2 is 0.778 bits per heavy atom. The third kappa shape index (κ3) is 11.4. The highest BCUT2D eigenvalue weighted by atomic mass is 31.2. The number of aliphatic hydroxyl groups is 1. The minimum absolute atomic E-state index is 0.0708. The summed E-state index contributed by atoms with van der Waals surface area (Å²) in [6.07, 6.45) is -4.98. The van der Waals surface area contributed by atoms with Crippen LogP contribution in [-0.2, 0) is 70.1 Å². The largest absolute Gasteiger partial charge is 0.475 e. The zero-order valence-corrected chi connectivity index (χ0v) is 31.0. The Morgan fingerprint density at radius 3 is 1.15 bits per heavy atom. The Morgan fingerprint density at radius 1 is 0.463 bits per heavy atom. The first kappa shape index (κ1) is 39.4. The van der Waals surface area contributed by atoms with E-state index in [1.807, 2.05) is 152 Å². The van der Waals surface area contributed by atoms with Crippen LogP contribution in [0.25, 0.3) is 0 Å². The Labute approximate surface area is 317 Å². The number of hydrogen-bond acceptors (Lipinski definition) is 9. The topological polar surface area (TPSA) is 102 Å². The van der Waals surface area contributed by atoms with Gasteiger partial charge in [-0.15, -0.1) is 6.58 Å². The fourth-order valence-electron chi connectivity index (χ4n) is 6.20. The van der Waals surface area contributed by atoms with Crippen molar-refractivity contribution >= 4 is 7.82 Å². The molecule has 9 nitrogen and oxygen atoms in total. The van der Waals surface area contributed by atoms with E-state index >= 15 is 0 Å². The van der Waals surface area contributed by atoms with Crippen LogP contribution >= 0.6 is 7.82 Å². The Balaban J connectivity index is 1.37. The van der Waals surface area contributed by atoms with Crippen molar-refractivity contribution in [1.82, 2.24) is 0 Å². The maximum Gasteiger partial charge on any atom is 0.475 e. The summed E-state index contributed by atoms with van der Waals surface area (Å²) in [6.45, 7) is 4.32. The van der Waals surface area contributed by atoms with E-state index in [0.29, 0.717) is 0 Å². The van der Waals surface area contributed by atoms with Crippen LogP contribution in [0.15, 0.2) is 164 Å². The van der Waals surface area contributed by atoms with Gasteiger partial charge in [0.25, 0.3) is 0 Å². The molecular formula is C44H47O9P. The standard InChI is InChI=1S/C44H47O9P/c1-2-28-47-43-41(53-54(46,51-32-37-24-14-6-15-25-37)52-33-38-26-16-7-17-27-38)39(45)40(48-29-34-18-8-3-9-19-34)42(49-30-35-20-10-4-11-21-35)44(43)50-31-36-22-12-5-13-23-36/h2-27,39-45H,1,28-33H2/t39-,40-,41+,42+,43+,44-/m1/s1.